The van der Waals surface area contributed by atoms with Crippen molar-refractivity contribution in [1.29, 1.82) is 0 Å². The van der Waals surface area contributed by atoms with E-state index in [0.717, 1.165) is 3.39 Å². The lowest BCUT2D eigenvalue weighted by Gasteiger charge is -1.95. The lowest BCUT2D eigenvalue weighted by molar-refractivity contribution is -0.139. The van der Waals surface area contributed by atoms with Crippen LogP contribution in [-0.4, -0.2) is 11.1 Å². The highest BCUT2D eigenvalue weighted by atomic mass is 79.9. The number of carbonyl (C=O) groups is 1. The van der Waals surface area contributed by atoms with E-state index in [1.165, 1.54) is 0 Å². The zero-order valence-electron chi connectivity index (χ0n) is 8.00. The predicted octanol–water partition coefficient (Wildman–Crippen LogP) is 3.53. The second-order valence-corrected chi connectivity index (χ2v) is 6.78. The molecule has 0 bridgehead atoms. The molecule has 0 aromatic rings. The quantitative estimate of drug-likeness (QED) is 0.807. The maximum atomic E-state index is 10.8. The van der Waals surface area contributed by atoms with Crippen LogP contribution < -0.4 is 0 Å². The topological polar surface area (TPSA) is 37.3 Å². The van der Waals surface area contributed by atoms with Crippen molar-refractivity contribution in [1.82, 2.24) is 0 Å². The molecule has 1 N–H and O–H groups in total. The number of aliphatic carboxylic acids is 1. The van der Waals surface area contributed by atoms with Gasteiger partial charge in [0.25, 0.3) is 0 Å². The Morgan fingerprint density at radius 2 is 2.00 bits per heavy atom. The van der Waals surface area contributed by atoms with Crippen LogP contribution in [0.3, 0.4) is 0 Å². The fourth-order valence-electron chi connectivity index (χ4n) is 1.76. The molecule has 14 heavy (non-hydrogen) atoms. The summed E-state index contributed by atoms with van der Waals surface area (Å²) in [6, 6.07) is 0. The Morgan fingerprint density at radius 1 is 1.43 bits per heavy atom. The molecule has 0 heterocycles. The van der Waals surface area contributed by atoms with E-state index in [9.17, 15) is 4.79 Å². The molecule has 1 aliphatic rings. The van der Waals surface area contributed by atoms with Crippen LogP contribution in [0.25, 0.3) is 0 Å². The monoisotopic (exact) mass is 322 g/mol. The van der Waals surface area contributed by atoms with Gasteiger partial charge in [0.2, 0.25) is 0 Å². The number of carboxylic acids is 1. The number of halogens is 2. The summed E-state index contributed by atoms with van der Waals surface area (Å²) >= 11 is 6.46. The van der Waals surface area contributed by atoms with Crippen molar-refractivity contribution in [3.63, 3.8) is 0 Å². The van der Waals surface area contributed by atoms with Crippen LogP contribution in [0.4, 0.5) is 0 Å². The first kappa shape index (κ1) is 12.0. The van der Waals surface area contributed by atoms with Crippen LogP contribution in [-0.2, 0) is 4.79 Å². The second-order valence-electron chi connectivity index (χ2n) is 4.00. The van der Waals surface area contributed by atoms with Crippen molar-refractivity contribution in [3.8, 4) is 0 Å². The summed E-state index contributed by atoms with van der Waals surface area (Å²) in [7, 11) is 0. The van der Waals surface area contributed by atoms with Gasteiger partial charge in [0.1, 0.15) is 0 Å². The van der Waals surface area contributed by atoms with Gasteiger partial charge < -0.3 is 5.11 Å². The molecule has 4 heteroatoms. The molecule has 2 atom stereocenters. The number of allylic oxidation sites excluding steroid dienone is 3. The first-order valence-electron chi connectivity index (χ1n) is 4.29. The smallest absolute Gasteiger partial charge is 0.307 e. The molecular weight excluding hydrogens is 312 g/mol. The van der Waals surface area contributed by atoms with E-state index in [-0.39, 0.29) is 17.3 Å². The van der Waals surface area contributed by atoms with E-state index in [2.05, 4.69) is 31.9 Å². The van der Waals surface area contributed by atoms with E-state index in [1.807, 2.05) is 32.1 Å². The molecule has 78 valence electrons. The van der Waals surface area contributed by atoms with Crippen LogP contribution in [0.5, 0.6) is 0 Å². The summed E-state index contributed by atoms with van der Waals surface area (Å²) < 4.78 is 0.853. The molecular formula is C10H12Br2O2. The number of carboxylic acid groups (broad SMARTS) is 1. The zero-order chi connectivity index (χ0) is 10.9. The fourth-order valence-corrected chi connectivity index (χ4v) is 2.06. The van der Waals surface area contributed by atoms with Crippen molar-refractivity contribution < 1.29 is 9.90 Å². The van der Waals surface area contributed by atoms with Crippen LogP contribution >= 0.6 is 31.9 Å². The van der Waals surface area contributed by atoms with E-state index >= 15 is 0 Å². The lowest BCUT2D eigenvalue weighted by Crippen LogP contribution is -2.02. The maximum absolute atomic E-state index is 10.8. The van der Waals surface area contributed by atoms with E-state index in [1.54, 1.807) is 0 Å². The SMILES string of the molecule is CC1(C)C(C=CC=C(Br)Br)C1C(=O)O. The molecule has 0 amide bonds. The maximum Gasteiger partial charge on any atom is 0.307 e. The second kappa shape index (κ2) is 4.19. The predicted molar refractivity (Wildman–Crippen MR) is 63.5 cm³/mol. The molecule has 1 rings (SSSR count). The molecule has 0 saturated heterocycles. The Balaban J connectivity index is 2.62. The molecule has 0 aromatic carbocycles. The Kier molecular flexibility index (Phi) is 3.58. The van der Waals surface area contributed by atoms with Gasteiger partial charge in [0, 0.05) is 0 Å². The lowest BCUT2D eigenvalue weighted by atomic mass is 10.1. The average molecular weight is 324 g/mol. The van der Waals surface area contributed by atoms with Gasteiger partial charge in [-0.3, -0.25) is 4.79 Å². The number of hydrogen-bond donors (Lipinski definition) is 1. The molecule has 0 radical (unpaired) electrons. The summed E-state index contributed by atoms with van der Waals surface area (Å²) in [5.41, 5.74) is -0.102. The standard InChI is InChI=1S/C10H12Br2O2/c1-10(2)6(8(10)9(13)14)4-3-5-7(11)12/h3-6,8H,1-2H3,(H,13,14). The third-order valence-electron chi connectivity index (χ3n) is 2.72. The van der Waals surface area contributed by atoms with Gasteiger partial charge in [-0.15, -0.1) is 0 Å². The molecule has 1 fully saturated rings. The summed E-state index contributed by atoms with van der Waals surface area (Å²) in [4.78, 5) is 10.8. The Labute approximate surface area is 100 Å². The van der Waals surface area contributed by atoms with Gasteiger partial charge in [0.15, 0.2) is 0 Å². The minimum absolute atomic E-state index is 0.102. The molecule has 2 nitrogen and oxygen atoms in total. The van der Waals surface area contributed by atoms with Crippen molar-refractivity contribution in [2.24, 2.45) is 17.3 Å². The van der Waals surface area contributed by atoms with Crippen LogP contribution in [0.15, 0.2) is 21.6 Å². The Bertz CT molecular complexity index is 301. The van der Waals surface area contributed by atoms with E-state index < -0.39 is 5.97 Å². The van der Waals surface area contributed by atoms with Crippen LogP contribution in [0.2, 0.25) is 0 Å². The van der Waals surface area contributed by atoms with Gasteiger partial charge in [-0.1, -0.05) is 26.0 Å². The van der Waals surface area contributed by atoms with Crippen LogP contribution in [0.1, 0.15) is 13.8 Å². The van der Waals surface area contributed by atoms with E-state index in [0.29, 0.717) is 0 Å². The summed E-state index contributed by atoms with van der Waals surface area (Å²) in [6.07, 6.45) is 5.66. The largest absolute Gasteiger partial charge is 0.481 e. The Morgan fingerprint density at radius 3 is 2.36 bits per heavy atom. The zero-order valence-corrected chi connectivity index (χ0v) is 11.2. The Hall–Kier alpha value is -0.0900. The molecule has 0 aromatic heterocycles. The highest BCUT2D eigenvalue weighted by Gasteiger charge is 2.60. The van der Waals surface area contributed by atoms with Gasteiger partial charge in [-0.2, -0.15) is 0 Å². The third kappa shape index (κ3) is 2.48. The van der Waals surface area contributed by atoms with Crippen LogP contribution in [0, 0.1) is 17.3 Å². The highest BCUT2D eigenvalue weighted by Crippen LogP contribution is 2.59. The number of hydrogen-bond acceptors (Lipinski definition) is 1. The summed E-state index contributed by atoms with van der Waals surface area (Å²) in [6.45, 7) is 3.96. The minimum atomic E-state index is -0.702. The van der Waals surface area contributed by atoms with Gasteiger partial charge in [-0.25, -0.2) is 0 Å². The summed E-state index contributed by atoms with van der Waals surface area (Å²) in [5, 5.41) is 8.90. The number of rotatable bonds is 3. The first-order chi connectivity index (χ1) is 6.37. The average Bonchev–Trinajstić information content (AvgIpc) is 2.52. The minimum Gasteiger partial charge on any atom is -0.481 e. The molecule has 1 aliphatic carbocycles. The van der Waals surface area contributed by atoms with Crippen molar-refractivity contribution in [2.75, 3.05) is 0 Å². The van der Waals surface area contributed by atoms with Gasteiger partial charge in [-0.05, 0) is 49.3 Å². The van der Waals surface area contributed by atoms with E-state index in [4.69, 9.17) is 5.11 Å². The molecule has 2 unspecified atom stereocenters. The van der Waals surface area contributed by atoms with Gasteiger partial charge >= 0.3 is 5.97 Å². The van der Waals surface area contributed by atoms with Crippen molar-refractivity contribution >= 4 is 37.8 Å². The fraction of sp³-hybridized carbons (Fsp3) is 0.500. The summed E-state index contributed by atoms with van der Waals surface area (Å²) in [5.74, 6) is -0.789. The highest BCUT2D eigenvalue weighted by molar-refractivity contribution is 9.28. The normalized spacial score (nSPS) is 28.9. The van der Waals surface area contributed by atoms with Crippen molar-refractivity contribution in [3.05, 3.63) is 21.6 Å². The molecule has 1 saturated carbocycles. The first-order valence-corrected chi connectivity index (χ1v) is 5.88. The van der Waals surface area contributed by atoms with Crippen molar-refractivity contribution in [2.45, 2.75) is 13.8 Å². The third-order valence-corrected chi connectivity index (χ3v) is 3.25. The molecule has 0 spiro atoms. The molecule has 0 aliphatic heterocycles. The van der Waals surface area contributed by atoms with Gasteiger partial charge in [0.05, 0.1) is 9.31 Å².